The van der Waals surface area contributed by atoms with Crippen molar-refractivity contribution in [2.75, 3.05) is 13.1 Å². The first-order valence-corrected chi connectivity index (χ1v) is 7.37. The van der Waals surface area contributed by atoms with Crippen LogP contribution in [0.25, 0.3) is 0 Å². The van der Waals surface area contributed by atoms with Gasteiger partial charge in [0.2, 0.25) is 17.7 Å². The quantitative estimate of drug-likeness (QED) is 0.728. The summed E-state index contributed by atoms with van der Waals surface area (Å²) in [5.74, 6) is -0.654. The molecule has 1 saturated carbocycles. The molecule has 22 heavy (non-hydrogen) atoms. The van der Waals surface area contributed by atoms with Crippen LogP contribution in [-0.4, -0.2) is 40.8 Å². The first-order valence-electron chi connectivity index (χ1n) is 7.37. The molecule has 0 bridgehead atoms. The zero-order valence-corrected chi connectivity index (χ0v) is 12.1. The minimum absolute atomic E-state index is 0.000232. The standard InChI is InChI=1S/C15H18N2O5/c18-12(8-17-13(19)5-6-14(17)20)16-9-15(21,10-3-4-10)11-2-1-7-22-11/h1-2,7,10,21H,3-6,8-9H2,(H,16,18)/t15-/m1/s1. The number of nitrogens with zero attached hydrogens (tertiary/aromatic N) is 1. The molecule has 7 heteroatoms. The molecule has 0 unspecified atom stereocenters. The van der Waals surface area contributed by atoms with Crippen molar-refractivity contribution in [3.8, 4) is 0 Å². The smallest absolute Gasteiger partial charge is 0.240 e. The van der Waals surface area contributed by atoms with E-state index in [9.17, 15) is 19.5 Å². The van der Waals surface area contributed by atoms with Gasteiger partial charge in [-0.05, 0) is 30.9 Å². The molecule has 2 fully saturated rings. The molecule has 1 aliphatic heterocycles. The molecule has 1 aromatic rings. The van der Waals surface area contributed by atoms with Crippen LogP contribution in [0.15, 0.2) is 22.8 Å². The Morgan fingerprint density at radius 2 is 2.05 bits per heavy atom. The van der Waals surface area contributed by atoms with Crippen molar-refractivity contribution in [2.24, 2.45) is 5.92 Å². The number of carbonyl (C=O) groups is 3. The Balaban J connectivity index is 1.60. The van der Waals surface area contributed by atoms with Crippen molar-refractivity contribution in [3.63, 3.8) is 0 Å². The average Bonchev–Trinajstić information content (AvgIpc) is 3.13. The van der Waals surface area contributed by atoms with E-state index < -0.39 is 11.5 Å². The van der Waals surface area contributed by atoms with Crippen molar-refractivity contribution in [2.45, 2.75) is 31.3 Å². The van der Waals surface area contributed by atoms with Gasteiger partial charge in [-0.2, -0.15) is 0 Å². The van der Waals surface area contributed by atoms with Crippen LogP contribution in [0.2, 0.25) is 0 Å². The fourth-order valence-corrected chi connectivity index (χ4v) is 2.75. The number of carbonyl (C=O) groups excluding carboxylic acids is 3. The number of amides is 3. The van der Waals surface area contributed by atoms with E-state index in [2.05, 4.69) is 5.32 Å². The lowest BCUT2D eigenvalue weighted by atomic mass is 9.94. The van der Waals surface area contributed by atoms with Crippen molar-refractivity contribution in [1.82, 2.24) is 10.2 Å². The highest BCUT2D eigenvalue weighted by atomic mass is 16.4. The summed E-state index contributed by atoms with van der Waals surface area (Å²) in [5.41, 5.74) is -1.24. The first kappa shape index (κ1) is 14.8. The Hall–Kier alpha value is -2.15. The van der Waals surface area contributed by atoms with Gasteiger partial charge < -0.3 is 14.8 Å². The fraction of sp³-hybridized carbons (Fsp3) is 0.533. The number of furan rings is 1. The molecule has 3 amide bonds. The van der Waals surface area contributed by atoms with Crippen LogP contribution >= 0.6 is 0 Å². The Morgan fingerprint density at radius 3 is 2.59 bits per heavy atom. The number of aliphatic hydroxyl groups is 1. The van der Waals surface area contributed by atoms with Gasteiger partial charge >= 0.3 is 0 Å². The highest BCUT2D eigenvalue weighted by Gasteiger charge is 2.47. The number of nitrogens with one attached hydrogen (secondary N) is 1. The second kappa shape index (κ2) is 5.57. The molecule has 1 atom stereocenters. The van der Waals surface area contributed by atoms with Crippen LogP contribution in [-0.2, 0) is 20.0 Å². The van der Waals surface area contributed by atoms with Gasteiger partial charge in [0.05, 0.1) is 12.8 Å². The summed E-state index contributed by atoms with van der Waals surface area (Å²) in [6.07, 6.45) is 3.54. The van der Waals surface area contributed by atoms with E-state index in [4.69, 9.17) is 4.42 Å². The van der Waals surface area contributed by atoms with E-state index in [0.717, 1.165) is 17.7 Å². The highest BCUT2D eigenvalue weighted by Crippen LogP contribution is 2.45. The number of imide groups is 1. The summed E-state index contributed by atoms with van der Waals surface area (Å²) in [6, 6.07) is 3.37. The van der Waals surface area contributed by atoms with E-state index in [0.29, 0.717) is 5.76 Å². The Bertz CT molecular complexity index is 577. The summed E-state index contributed by atoms with van der Waals surface area (Å²) in [7, 11) is 0. The first-order chi connectivity index (χ1) is 10.5. The minimum Gasteiger partial charge on any atom is -0.466 e. The zero-order chi connectivity index (χ0) is 15.7. The van der Waals surface area contributed by atoms with E-state index in [1.165, 1.54) is 6.26 Å². The Labute approximate surface area is 127 Å². The van der Waals surface area contributed by atoms with Crippen LogP contribution in [0.4, 0.5) is 0 Å². The van der Waals surface area contributed by atoms with E-state index in [1.54, 1.807) is 12.1 Å². The summed E-state index contributed by atoms with van der Waals surface area (Å²) in [6.45, 7) is -0.295. The Kier molecular flexibility index (Phi) is 3.74. The lowest BCUT2D eigenvalue weighted by Gasteiger charge is -2.26. The summed E-state index contributed by atoms with van der Waals surface area (Å²) in [5, 5.41) is 13.4. The second-order valence-corrected chi connectivity index (χ2v) is 5.83. The summed E-state index contributed by atoms with van der Waals surface area (Å²) in [4.78, 5) is 35.9. The average molecular weight is 306 g/mol. The van der Waals surface area contributed by atoms with Crippen LogP contribution in [0.5, 0.6) is 0 Å². The molecule has 0 spiro atoms. The Morgan fingerprint density at radius 1 is 1.36 bits per heavy atom. The second-order valence-electron chi connectivity index (χ2n) is 5.83. The van der Waals surface area contributed by atoms with Crippen LogP contribution < -0.4 is 5.32 Å². The third kappa shape index (κ3) is 2.76. The van der Waals surface area contributed by atoms with Gasteiger partial charge in [-0.15, -0.1) is 0 Å². The minimum atomic E-state index is -1.24. The third-order valence-corrected chi connectivity index (χ3v) is 4.21. The van der Waals surface area contributed by atoms with Gasteiger partial charge in [0.25, 0.3) is 0 Å². The van der Waals surface area contributed by atoms with E-state index in [1.807, 2.05) is 0 Å². The van der Waals surface area contributed by atoms with Crippen molar-refractivity contribution < 1.29 is 23.9 Å². The predicted octanol–water partition coefficient (Wildman–Crippen LogP) is 0.142. The number of hydrogen-bond donors (Lipinski definition) is 2. The van der Waals surface area contributed by atoms with Gasteiger partial charge in [-0.1, -0.05) is 0 Å². The van der Waals surface area contributed by atoms with Crippen molar-refractivity contribution in [3.05, 3.63) is 24.2 Å². The predicted molar refractivity (Wildman–Crippen MR) is 74.3 cm³/mol. The highest BCUT2D eigenvalue weighted by molar-refractivity contribution is 6.04. The molecule has 2 N–H and O–H groups in total. The molecule has 118 valence electrons. The van der Waals surface area contributed by atoms with Crippen molar-refractivity contribution >= 4 is 17.7 Å². The SMILES string of the molecule is O=C(CN1C(=O)CCC1=O)NC[C@](O)(c1ccco1)C1CC1. The monoisotopic (exact) mass is 306 g/mol. The van der Waals surface area contributed by atoms with E-state index >= 15 is 0 Å². The molecule has 2 aliphatic rings. The van der Waals surface area contributed by atoms with E-state index in [-0.39, 0.29) is 43.7 Å². The van der Waals surface area contributed by atoms with Gasteiger partial charge in [-0.3, -0.25) is 19.3 Å². The van der Waals surface area contributed by atoms with Gasteiger partial charge in [0.15, 0.2) is 0 Å². The summed E-state index contributed by atoms with van der Waals surface area (Å²) >= 11 is 0. The maximum Gasteiger partial charge on any atom is 0.240 e. The molecular weight excluding hydrogens is 288 g/mol. The topological polar surface area (TPSA) is 99.9 Å². The fourth-order valence-electron chi connectivity index (χ4n) is 2.75. The maximum absolute atomic E-state index is 12.0. The number of likely N-dealkylation sites (tertiary alicyclic amines) is 1. The normalized spacial score (nSPS) is 21.0. The molecule has 1 aliphatic carbocycles. The lowest BCUT2D eigenvalue weighted by Crippen LogP contribution is -2.46. The lowest BCUT2D eigenvalue weighted by molar-refractivity contribution is -0.142. The molecule has 0 radical (unpaired) electrons. The van der Waals surface area contributed by atoms with Crippen molar-refractivity contribution in [1.29, 1.82) is 0 Å². The molecule has 2 heterocycles. The number of hydrogen-bond acceptors (Lipinski definition) is 5. The van der Waals surface area contributed by atoms with Gasteiger partial charge in [0.1, 0.15) is 17.9 Å². The maximum atomic E-state index is 12.0. The number of rotatable bonds is 6. The van der Waals surface area contributed by atoms with Crippen LogP contribution in [0.1, 0.15) is 31.4 Å². The van der Waals surface area contributed by atoms with Crippen LogP contribution in [0, 0.1) is 5.92 Å². The zero-order valence-electron chi connectivity index (χ0n) is 12.1. The van der Waals surface area contributed by atoms with Gasteiger partial charge in [0, 0.05) is 12.8 Å². The summed E-state index contributed by atoms with van der Waals surface area (Å²) < 4.78 is 5.28. The molecule has 0 aromatic carbocycles. The largest absolute Gasteiger partial charge is 0.466 e. The molecule has 1 aromatic heterocycles. The molecule has 3 rings (SSSR count). The molecule has 1 saturated heterocycles. The van der Waals surface area contributed by atoms with Crippen LogP contribution in [0.3, 0.4) is 0 Å². The molecule has 7 nitrogen and oxygen atoms in total. The molecular formula is C15H18N2O5. The van der Waals surface area contributed by atoms with Gasteiger partial charge in [-0.25, -0.2) is 0 Å². The third-order valence-electron chi connectivity index (χ3n) is 4.21.